The summed E-state index contributed by atoms with van der Waals surface area (Å²) in [5.41, 5.74) is 2.52. The summed E-state index contributed by atoms with van der Waals surface area (Å²) in [4.78, 5) is 11.6. The fraction of sp³-hybridized carbons (Fsp3) is 0.714. The highest BCUT2D eigenvalue weighted by molar-refractivity contribution is 5.34. The first-order chi connectivity index (χ1) is 8.50. The lowest BCUT2D eigenvalue weighted by Crippen LogP contribution is -2.25. The minimum Gasteiger partial charge on any atom is -0.340 e. The number of anilines is 1. The molecule has 100 valence electrons. The number of rotatable bonds is 4. The van der Waals surface area contributed by atoms with Gasteiger partial charge < -0.3 is 10.2 Å². The largest absolute Gasteiger partial charge is 0.340 e. The zero-order valence-corrected chi connectivity index (χ0v) is 12.0. The van der Waals surface area contributed by atoms with Gasteiger partial charge in [0.2, 0.25) is 5.95 Å². The van der Waals surface area contributed by atoms with Crippen LogP contribution < -0.4 is 10.2 Å². The minimum absolute atomic E-state index is 0.384. The van der Waals surface area contributed by atoms with E-state index in [9.17, 15) is 0 Å². The van der Waals surface area contributed by atoms with Crippen molar-refractivity contribution in [1.29, 1.82) is 0 Å². The molecular weight excluding hydrogens is 224 g/mol. The van der Waals surface area contributed by atoms with Crippen molar-refractivity contribution in [2.24, 2.45) is 5.41 Å². The number of aryl methyl sites for hydroxylation is 1. The molecule has 2 heterocycles. The molecule has 1 N–H and O–H groups in total. The van der Waals surface area contributed by atoms with Gasteiger partial charge in [-0.15, -0.1) is 0 Å². The first-order valence-electron chi connectivity index (χ1n) is 6.80. The molecule has 0 bridgehead atoms. The maximum absolute atomic E-state index is 4.67. The van der Waals surface area contributed by atoms with Gasteiger partial charge in [0.25, 0.3) is 0 Å². The molecule has 0 aromatic carbocycles. The first kappa shape index (κ1) is 13.3. The molecule has 1 aliphatic heterocycles. The van der Waals surface area contributed by atoms with Crippen molar-refractivity contribution in [2.45, 2.75) is 40.7 Å². The normalized spacial score (nSPS) is 18.3. The fourth-order valence-electron chi connectivity index (χ4n) is 2.39. The van der Waals surface area contributed by atoms with Gasteiger partial charge in [0.05, 0.1) is 5.69 Å². The van der Waals surface area contributed by atoms with Crippen LogP contribution in [0.25, 0.3) is 0 Å². The van der Waals surface area contributed by atoms with Crippen LogP contribution in [0.2, 0.25) is 0 Å². The van der Waals surface area contributed by atoms with E-state index in [4.69, 9.17) is 0 Å². The van der Waals surface area contributed by atoms with Crippen molar-refractivity contribution in [3.05, 3.63) is 17.5 Å². The van der Waals surface area contributed by atoms with Gasteiger partial charge in [0.1, 0.15) is 0 Å². The van der Waals surface area contributed by atoms with E-state index in [1.54, 1.807) is 0 Å². The van der Waals surface area contributed by atoms with E-state index in [0.717, 1.165) is 43.5 Å². The van der Waals surface area contributed by atoms with E-state index in [2.05, 4.69) is 47.0 Å². The number of hydrogen-bond donors (Lipinski definition) is 1. The standard InChI is InChI=1S/C14H24N4/c1-5-15-9-12-8-11(2)16-13(17-12)18-7-6-14(3,4)10-18/h8,15H,5-7,9-10H2,1-4H3. The Kier molecular flexibility index (Phi) is 3.85. The quantitative estimate of drug-likeness (QED) is 0.886. The number of nitrogens with one attached hydrogen (secondary N) is 1. The molecule has 4 nitrogen and oxygen atoms in total. The second-order valence-corrected chi connectivity index (χ2v) is 5.92. The molecule has 0 amide bonds. The Morgan fingerprint density at radius 3 is 2.78 bits per heavy atom. The van der Waals surface area contributed by atoms with Gasteiger partial charge in [0, 0.05) is 25.3 Å². The molecule has 18 heavy (non-hydrogen) atoms. The van der Waals surface area contributed by atoms with Crippen LogP contribution in [0.4, 0.5) is 5.95 Å². The zero-order chi connectivity index (χ0) is 13.2. The van der Waals surface area contributed by atoms with Gasteiger partial charge in [-0.25, -0.2) is 9.97 Å². The lowest BCUT2D eigenvalue weighted by molar-refractivity contribution is 0.418. The third kappa shape index (κ3) is 3.19. The third-order valence-corrected chi connectivity index (χ3v) is 3.41. The van der Waals surface area contributed by atoms with Crippen LogP contribution in [0.15, 0.2) is 6.07 Å². The summed E-state index contributed by atoms with van der Waals surface area (Å²) in [5.74, 6) is 0.897. The number of nitrogens with zero attached hydrogens (tertiary/aromatic N) is 3. The van der Waals surface area contributed by atoms with E-state index < -0.39 is 0 Å². The average molecular weight is 248 g/mol. The highest BCUT2D eigenvalue weighted by Gasteiger charge is 2.30. The molecule has 1 aliphatic rings. The average Bonchev–Trinajstić information content (AvgIpc) is 2.66. The Labute approximate surface area is 110 Å². The summed E-state index contributed by atoms with van der Waals surface area (Å²) in [7, 11) is 0. The lowest BCUT2D eigenvalue weighted by atomic mass is 9.93. The highest BCUT2D eigenvalue weighted by atomic mass is 15.3. The molecule has 1 saturated heterocycles. The van der Waals surface area contributed by atoms with E-state index in [1.807, 2.05) is 6.92 Å². The molecule has 1 aromatic rings. The monoisotopic (exact) mass is 248 g/mol. The Hall–Kier alpha value is -1.16. The molecule has 0 unspecified atom stereocenters. The minimum atomic E-state index is 0.384. The van der Waals surface area contributed by atoms with Crippen LogP contribution in [-0.4, -0.2) is 29.6 Å². The lowest BCUT2D eigenvalue weighted by Gasteiger charge is -2.20. The van der Waals surface area contributed by atoms with Gasteiger partial charge >= 0.3 is 0 Å². The van der Waals surface area contributed by atoms with Crippen LogP contribution in [0, 0.1) is 12.3 Å². The zero-order valence-electron chi connectivity index (χ0n) is 12.0. The van der Waals surface area contributed by atoms with Gasteiger partial charge in [-0.1, -0.05) is 20.8 Å². The predicted molar refractivity (Wildman–Crippen MR) is 74.8 cm³/mol. The molecule has 4 heteroatoms. The van der Waals surface area contributed by atoms with Crippen molar-refractivity contribution in [3.8, 4) is 0 Å². The Morgan fingerprint density at radius 2 is 2.17 bits per heavy atom. The van der Waals surface area contributed by atoms with Crippen molar-refractivity contribution in [3.63, 3.8) is 0 Å². The molecule has 0 saturated carbocycles. The maximum Gasteiger partial charge on any atom is 0.225 e. The Balaban J connectivity index is 2.15. The van der Waals surface area contributed by atoms with E-state index in [0.29, 0.717) is 5.41 Å². The van der Waals surface area contributed by atoms with Gasteiger partial charge in [-0.05, 0) is 31.4 Å². The second-order valence-electron chi connectivity index (χ2n) is 5.92. The number of aromatic nitrogens is 2. The second kappa shape index (κ2) is 5.22. The number of hydrogen-bond acceptors (Lipinski definition) is 4. The molecular formula is C14H24N4. The Bertz CT molecular complexity index is 414. The van der Waals surface area contributed by atoms with Crippen molar-refractivity contribution in [1.82, 2.24) is 15.3 Å². The summed E-state index contributed by atoms with van der Waals surface area (Å²) in [5, 5.41) is 3.32. The van der Waals surface area contributed by atoms with E-state index in [-0.39, 0.29) is 0 Å². The fourth-order valence-corrected chi connectivity index (χ4v) is 2.39. The Morgan fingerprint density at radius 1 is 1.39 bits per heavy atom. The van der Waals surface area contributed by atoms with Crippen LogP contribution >= 0.6 is 0 Å². The predicted octanol–water partition coefficient (Wildman–Crippen LogP) is 2.13. The summed E-state index contributed by atoms with van der Waals surface area (Å²) in [6, 6.07) is 2.06. The summed E-state index contributed by atoms with van der Waals surface area (Å²) >= 11 is 0. The SMILES string of the molecule is CCNCc1cc(C)nc(N2CCC(C)(C)C2)n1. The molecule has 0 aliphatic carbocycles. The van der Waals surface area contributed by atoms with Crippen molar-refractivity contribution in [2.75, 3.05) is 24.5 Å². The van der Waals surface area contributed by atoms with Crippen molar-refractivity contribution < 1.29 is 0 Å². The van der Waals surface area contributed by atoms with E-state index in [1.165, 1.54) is 6.42 Å². The highest BCUT2D eigenvalue weighted by Crippen LogP contribution is 2.30. The van der Waals surface area contributed by atoms with Crippen LogP contribution in [0.3, 0.4) is 0 Å². The molecule has 0 radical (unpaired) electrons. The van der Waals surface area contributed by atoms with Gasteiger partial charge in [-0.2, -0.15) is 0 Å². The summed E-state index contributed by atoms with van der Waals surface area (Å²) in [6.07, 6.45) is 1.22. The molecule has 0 atom stereocenters. The smallest absolute Gasteiger partial charge is 0.225 e. The van der Waals surface area contributed by atoms with Crippen molar-refractivity contribution >= 4 is 5.95 Å². The summed E-state index contributed by atoms with van der Waals surface area (Å²) < 4.78 is 0. The molecule has 0 spiro atoms. The first-order valence-corrected chi connectivity index (χ1v) is 6.80. The van der Waals surface area contributed by atoms with Crippen LogP contribution in [0.5, 0.6) is 0 Å². The third-order valence-electron chi connectivity index (χ3n) is 3.41. The maximum atomic E-state index is 4.67. The summed E-state index contributed by atoms with van der Waals surface area (Å²) in [6.45, 7) is 12.7. The van der Waals surface area contributed by atoms with E-state index >= 15 is 0 Å². The van der Waals surface area contributed by atoms with Gasteiger partial charge in [-0.3, -0.25) is 0 Å². The molecule has 2 rings (SSSR count). The topological polar surface area (TPSA) is 41.1 Å². The van der Waals surface area contributed by atoms with Crippen LogP contribution in [-0.2, 0) is 6.54 Å². The van der Waals surface area contributed by atoms with Crippen LogP contribution in [0.1, 0.15) is 38.6 Å². The molecule has 1 aromatic heterocycles. The molecule has 1 fully saturated rings. The van der Waals surface area contributed by atoms with Gasteiger partial charge in [0.15, 0.2) is 0 Å².